The van der Waals surface area contributed by atoms with Crippen molar-refractivity contribution in [3.8, 4) is 0 Å². The van der Waals surface area contributed by atoms with E-state index in [4.69, 9.17) is 4.74 Å². The quantitative estimate of drug-likeness (QED) is 0.565. The third-order valence-corrected chi connectivity index (χ3v) is 3.14. The van der Waals surface area contributed by atoms with Gasteiger partial charge in [-0.1, -0.05) is 33.6 Å². The third kappa shape index (κ3) is 7.80. The van der Waals surface area contributed by atoms with E-state index in [2.05, 4.69) is 33.1 Å². The van der Waals surface area contributed by atoms with Crippen LogP contribution in [0.1, 0.15) is 52.9 Å². The zero-order chi connectivity index (χ0) is 11.5. The molecule has 0 fully saturated rings. The minimum absolute atomic E-state index is 0.631. The molecule has 0 saturated heterocycles. The molecule has 0 spiro atoms. The lowest BCUT2D eigenvalue weighted by Crippen LogP contribution is -2.29. The Morgan fingerprint density at radius 1 is 1.07 bits per heavy atom. The van der Waals surface area contributed by atoms with Crippen LogP contribution in [0.15, 0.2) is 0 Å². The van der Waals surface area contributed by atoms with Gasteiger partial charge in [0.1, 0.15) is 0 Å². The van der Waals surface area contributed by atoms with Crippen LogP contribution in [0.4, 0.5) is 0 Å². The SMILES string of the molecule is CCCOCCC(CC(CC)CC)NC. The van der Waals surface area contributed by atoms with Gasteiger partial charge in [0.15, 0.2) is 0 Å². The molecule has 0 aliphatic heterocycles. The minimum Gasteiger partial charge on any atom is -0.381 e. The van der Waals surface area contributed by atoms with Crippen LogP contribution >= 0.6 is 0 Å². The van der Waals surface area contributed by atoms with Crippen LogP contribution in [0.25, 0.3) is 0 Å². The van der Waals surface area contributed by atoms with E-state index in [1.165, 1.54) is 19.3 Å². The first-order chi connectivity index (χ1) is 7.28. The summed E-state index contributed by atoms with van der Waals surface area (Å²) in [6, 6.07) is 0.631. The smallest absolute Gasteiger partial charge is 0.0480 e. The first-order valence-corrected chi connectivity index (χ1v) is 6.53. The van der Waals surface area contributed by atoms with Crippen molar-refractivity contribution in [1.29, 1.82) is 0 Å². The van der Waals surface area contributed by atoms with E-state index in [0.29, 0.717) is 6.04 Å². The number of hydrogen-bond donors (Lipinski definition) is 1. The minimum atomic E-state index is 0.631. The highest BCUT2D eigenvalue weighted by atomic mass is 16.5. The van der Waals surface area contributed by atoms with Gasteiger partial charge in [0, 0.05) is 19.3 Å². The molecule has 0 aromatic heterocycles. The van der Waals surface area contributed by atoms with Gasteiger partial charge in [-0.3, -0.25) is 0 Å². The molecule has 0 rings (SSSR count). The Balaban J connectivity index is 3.61. The van der Waals surface area contributed by atoms with Crippen LogP contribution in [0.5, 0.6) is 0 Å². The second kappa shape index (κ2) is 10.4. The standard InChI is InChI=1S/C13H29NO/c1-5-9-15-10-8-13(14-4)11-12(6-2)7-3/h12-14H,5-11H2,1-4H3. The predicted molar refractivity (Wildman–Crippen MR) is 67.3 cm³/mol. The topological polar surface area (TPSA) is 21.3 Å². The normalized spacial score (nSPS) is 13.4. The highest BCUT2D eigenvalue weighted by molar-refractivity contribution is 4.69. The fraction of sp³-hybridized carbons (Fsp3) is 1.00. The zero-order valence-electron chi connectivity index (χ0n) is 11.0. The lowest BCUT2D eigenvalue weighted by Gasteiger charge is -2.21. The van der Waals surface area contributed by atoms with Gasteiger partial charge in [0.25, 0.3) is 0 Å². The van der Waals surface area contributed by atoms with Crippen LogP contribution in [0, 0.1) is 5.92 Å². The molecule has 0 saturated carbocycles. The molecule has 0 aromatic rings. The van der Waals surface area contributed by atoms with Gasteiger partial charge in [-0.2, -0.15) is 0 Å². The third-order valence-electron chi connectivity index (χ3n) is 3.14. The number of rotatable bonds is 10. The molecular formula is C13H29NO. The van der Waals surface area contributed by atoms with E-state index in [-0.39, 0.29) is 0 Å². The predicted octanol–water partition coefficient (Wildman–Crippen LogP) is 3.22. The second-order valence-electron chi connectivity index (χ2n) is 4.30. The van der Waals surface area contributed by atoms with Crippen molar-refractivity contribution in [1.82, 2.24) is 5.32 Å². The Kier molecular flexibility index (Phi) is 10.4. The van der Waals surface area contributed by atoms with Crippen LogP contribution < -0.4 is 5.32 Å². The molecule has 0 heterocycles. The molecule has 15 heavy (non-hydrogen) atoms. The molecule has 1 atom stereocenters. The van der Waals surface area contributed by atoms with Crippen LogP contribution in [-0.2, 0) is 4.74 Å². The molecule has 1 N–H and O–H groups in total. The van der Waals surface area contributed by atoms with Gasteiger partial charge in [-0.15, -0.1) is 0 Å². The lowest BCUT2D eigenvalue weighted by atomic mass is 9.93. The summed E-state index contributed by atoms with van der Waals surface area (Å²) in [6.07, 6.45) is 6.15. The van der Waals surface area contributed by atoms with E-state index in [1.807, 2.05) is 0 Å². The molecule has 2 nitrogen and oxygen atoms in total. The molecule has 0 aromatic carbocycles. The first-order valence-electron chi connectivity index (χ1n) is 6.53. The van der Waals surface area contributed by atoms with Crippen molar-refractivity contribution in [2.45, 2.75) is 58.9 Å². The highest BCUT2D eigenvalue weighted by Crippen LogP contribution is 2.16. The zero-order valence-corrected chi connectivity index (χ0v) is 11.0. The molecule has 0 bridgehead atoms. The summed E-state index contributed by atoms with van der Waals surface area (Å²) in [5, 5.41) is 3.40. The van der Waals surface area contributed by atoms with Crippen molar-refractivity contribution >= 4 is 0 Å². The summed E-state index contributed by atoms with van der Waals surface area (Å²) in [6.45, 7) is 8.53. The Hall–Kier alpha value is -0.0800. The maximum atomic E-state index is 5.52. The number of ether oxygens (including phenoxy) is 1. The van der Waals surface area contributed by atoms with Gasteiger partial charge in [0.05, 0.1) is 0 Å². The largest absolute Gasteiger partial charge is 0.381 e. The highest BCUT2D eigenvalue weighted by Gasteiger charge is 2.11. The summed E-state index contributed by atoms with van der Waals surface area (Å²) >= 11 is 0. The van der Waals surface area contributed by atoms with Crippen molar-refractivity contribution in [2.24, 2.45) is 5.92 Å². The summed E-state index contributed by atoms with van der Waals surface area (Å²) in [5.74, 6) is 0.869. The van der Waals surface area contributed by atoms with Gasteiger partial charge in [-0.25, -0.2) is 0 Å². The maximum absolute atomic E-state index is 5.52. The Morgan fingerprint density at radius 2 is 1.73 bits per heavy atom. The fourth-order valence-corrected chi connectivity index (χ4v) is 1.88. The Labute approximate surface area is 95.8 Å². The van der Waals surface area contributed by atoms with E-state index in [1.54, 1.807) is 0 Å². The number of hydrogen-bond acceptors (Lipinski definition) is 2. The molecule has 0 amide bonds. The van der Waals surface area contributed by atoms with Crippen LogP contribution in [0.3, 0.4) is 0 Å². The van der Waals surface area contributed by atoms with Crippen molar-refractivity contribution < 1.29 is 4.74 Å². The Bertz CT molecular complexity index is 124. The van der Waals surface area contributed by atoms with Gasteiger partial charge in [0.2, 0.25) is 0 Å². The average molecular weight is 215 g/mol. The first kappa shape index (κ1) is 14.9. The second-order valence-corrected chi connectivity index (χ2v) is 4.30. The lowest BCUT2D eigenvalue weighted by molar-refractivity contribution is 0.122. The molecule has 2 heteroatoms. The summed E-state index contributed by atoms with van der Waals surface area (Å²) in [7, 11) is 2.06. The van der Waals surface area contributed by atoms with Gasteiger partial charge in [-0.05, 0) is 32.2 Å². The number of nitrogens with one attached hydrogen (secondary N) is 1. The summed E-state index contributed by atoms with van der Waals surface area (Å²) in [4.78, 5) is 0. The average Bonchev–Trinajstić information content (AvgIpc) is 2.28. The van der Waals surface area contributed by atoms with Gasteiger partial charge < -0.3 is 10.1 Å². The summed E-state index contributed by atoms with van der Waals surface area (Å²) < 4.78 is 5.52. The Morgan fingerprint density at radius 3 is 2.20 bits per heavy atom. The molecule has 0 aliphatic carbocycles. The fourth-order valence-electron chi connectivity index (χ4n) is 1.88. The van der Waals surface area contributed by atoms with Crippen molar-refractivity contribution in [3.05, 3.63) is 0 Å². The molecule has 0 radical (unpaired) electrons. The maximum Gasteiger partial charge on any atom is 0.0480 e. The molecular weight excluding hydrogens is 186 g/mol. The van der Waals surface area contributed by atoms with Crippen molar-refractivity contribution in [3.63, 3.8) is 0 Å². The van der Waals surface area contributed by atoms with Crippen LogP contribution in [-0.4, -0.2) is 26.3 Å². The van der Waals surface area contributed by atoms with E-state index in [0.717, 1.165) is 32.0 Å². The van der Waals surface area contributed by atoms with Crippen molar-refractivity contribution in [2.75, 3.05) is 20.3 Å². The molecule has 92 valence electrons. The van der Waals surface area contributed by atoms with Crippen LogP contribution in [0.2, 0.25) is 0 Å². The van der Waals surface area contributed by atoms with Gasteiger partial charge >= 0.3 is 0 Å². The summed E-state index contributed by atoms with van der Waals surface area (Å²) in [5.41, 5.74) is 0. The van der Waals surface area contributed by atoms with E-state index >= 15 is 0 Å². The molecule has 1 unspecified atom stereocenters. The van der Waals surface area contributed by atoms with E-state index in [9.17, 15) is 0 Å². The monoisotopic (exact) mass is 215 g/mol. The molecule has 0 aliphatic rings. The van der Waals surface area contributed by atoms with E-state index < -0.39 is 0 Å².